The number of rotatable bonds is 0. The molecule has 0 bridgehead atoms. The van der Waals surface area contributed by atoms with E-state index in [0.717, 1.165) is 22.3 Å². The predicted octanol–water partition coefficient (Wildman–Crippen LogP) is 5.26. The molecule has 92 valence electrons. The molecule has 0 N–H and O–H groups in total. The van der Waals surface area contributed by atoms with Crippen molar-refractivity contribution < 1.29 is 8.22 Å². The predicted molar refractivity (Wildman–Crippen MR) is 78.5 cm³/mol. The maximum absolute atomic E-state index is 7.64. The van der Waals surface area contributed by atoms with Crippen molar-refractivity contribution >= 4 is 11.6 Å². The zero-order valence-electron chi connectivity index (χ0n) is 16.3. The Labute approximate surface area is 122 Å². The molecule has 0 unspecified atom stereocenters. The van der Waals surface area contributed by atoms with E-state index in [-0.39, 0.29) is 11.1 Å². The normalized spacial score (nSPS) is 21.7. The zero-order chi connectivity index (χ0) is 18.1. The Morgan fingerprint density at radius 2 is 1.72 bits per heavy atom. The highest BCUT2D eigenvalue weighted by atomic mass is 35.5. The summed E-state index contributed by atoms with van der Waals surface area (Å²) in [7, 11) is 0. The highest BCUT2D eigenvalue weighted by Crippen LogP contribution is 2.51. The Kier molecular flexibility index (Phi) is 1.36. The molecule has 0 spiro atoms. The first-order valence-electron chi connectivity index (χ1n) is 8.83. The first-order valence-corrected chi connectivity index (χ1v) is 6.21. The number of fused-ring (bicyclic) bond motifs is 3. The summed E-state index contributed by atoms with van der Waals surface area (Å²) in [5, 5.41) is 0.382. The van der Waals surface area contributed by atoms with Crippen molar-refractivity contribution in [1.29, 1.82) is 0 Å². The van der Waals surface area contributed by atoms with E-state index in [9.17, 15) is 0 Å². The lowest BCUT2D eigenvalue weighted by molar-refractivity contribution is 0.659. The van der Waals surface area contributed by atoms with Crippen LogP contribution in [0.4, 0.5) is 0 Å². The van der Waals surface area contributed by atoms with E-state index < -0.39 is 19.1 Å². The Bertz CT molecular complexity index is 830. The van der Waals surface area contributed by atoms with Crippen LogP contribution >= 0.6 is 11.6 Å². The van der Waals surface area contributed by atoms with Crippen LogP contribution < -0.4 is 0 Å². The minimum atomic E-state index is -2.24. The van der Waals surface area contributed by atoms with Crippen molar-refractivity contribution in [1.82, 2.24) is 0 Å². The van der Waals surface area contributed by atoms with Crippen molar-refractivity contribution in [3.63, 3.8) is 0 Å². The van der Waals surface area contributed by atoms with Crippen LogP contribution in [0.5, 0.6) is 0 Å². The van der Waals surface area contributed by atoms with Crippen LogP contribution in [0.1, 0.15) is 44.3 Å². The van der Waals surface area contributed by atoms with Gasteiger partial charge in [-0.25, -0.2) is 0 Å². The van der Waals surface area contributed by atoms with E-state index in [4.69, 9.17) is 19.8 Å². The molecule has 0 aromatic heterocycles. The van der Waals surface area contributed by atoms with E-state index in [0.29, 0.717) is 5.02 Å². The molecule has 0 nitrogen and oxygen atoms in total. The van der Waals surface area contributed by atoms with E-state index >= 15 is 0 Å². The lowest BCUT2D eigenvalue weighted by atomic mass is 9.81. The molecule has 0 radical (unpaired) electrons. The molecule has 0 aliphatic heterocycles. The molecule has 0 heterocycles. The van der Waals surface area contributed by atoms with Crippen LogP contribution in [0.2, 0.25) is 5.02 Å². The average molecular weight is 263 g/mol. The van der Waals surface area contributed by atoms with Gasteiger partial charge in [-0.05, 0) is 42.0 Å². The fourth-order valence-electron chi connectivity index (χ4n) is 2.80. The monoisotopic (exact) mass is 262 g/mol. The Hall–Kier alpha value is -1.27. The molecule has 1 aliphatic rings. The SMILES string of the molecule is [2H]C([2H])([2H])c1ccc2c(c1)C(C)(C)c1cc(C([2H])([2H])[2H])cc(Cl)c1-2. The van der Waals surface area contributed by atoms with Gasteiger partial charge in [0.1, 0.15) is 0 Å². The molecular weight excluding hydrogens is 240 g/mol. The van der Waals surface area contributed by atoms with E-state index in [1.165, 1.54) is 6.07 Å². The Balaban J connectivity index is 2.29. The van der Waals surface area contributed by atoms with E-state index in [1.807, 2.05) is 13.8 Å². The van der Waals surface area contributed by atoms with Crippen LogP contribution in [0.15, 0.2) is 30.3 Å². The third-order valence-electron chi connectivity index (χ3n) is 3.73. The molecule has 18 heavy (non-hydrogen) atoms. The van der Waals surface area contributed by atoms with Crippen molar-refractivity contribution in [3.05, 3.63) is 57.6 Å². The van der Waals surface area contributed by atoms with Crippen LogP contribution in [-0.4, -0.2) is 0 Å². The largest absolute Gasteiger partial charge is 0.0836 e. The summed E-state index contributed by atoms with van der Waals surface area (Å²) in [6, 6.07) is 8.20. The molecule has 3 rings (SSSR count). The maximum atomic E-state index is 7.64. The number of hydrogen-bond donors (Lipinski definition) is 0. The van der Waals surface area contributed by atoms with E-state index in [1.54, 1.807) is 24.3 Å². The summed E-state index contributed by atoms with van der Waals surface area (Å²) < 4.78 is 45.8. The maximum Gasteiger partial charge on any atom is 0.0490 e. The summed E-state index contributed by atoms with van der Waals surface area (Å²) in [5.41, 5.74) is 3.29. The third kappa shape index (κ3) is 1.45. The molecule has 1 heteroatoms. The van der Waals surface area contributed by atoms with Gasteiger partial charge in [0.25, 0.3) is 0 Å². The highest BCUT2D eigenvalue weighted by molar-refractivity contribution is 6.34. The minimum Gasteiger partial charge on any atom is -0.0836 e. The second kappa shape index (κ2) is 3.61. The molecule has 0 saturated carbocycles. The van der Waals surface area contributed by atoms with Crippen molar-refractivity contribution in [3.8, 4) is 11.1 Å². The summed E-state index contributed by atoms with van der Waals surface area (Å²) in [6.45, 7) is -0.512. The molecule has 0 fully saturated rings. The fraction of sp³-hybridized carbons (Fsp3) is 0.294. The minimum absolute atomic E-state index is 0.197. The first-order chi connectivity index (χ1) is 10.8. The van der Waals surface area contributed by atoms with Crippen LogP contribution in [0.3, 0.4) is 0 Å². The molecule has 2 aromatic rings. The van der Waals surface area contributed by atoms with Gasteiger partial charge in [-0.2, -0.15) is 0 Å². The number of aryl methyl sites for hydroxylation is 2. The molecule has 0 amide bonds. The molecule has 0 saturated heterocycles. The van der Waals surface area contributed by atoms with Gasteiger partial charge in [-0.1, -0.05) is 55.3 Å². The first kappa shape index (κ1) is 6.77. The fourth-order valence-corrected chi connectivity index (χ4v) is 3.12. The van der Waals surface area contributed by atoms with Crippen LogP contribution in [0, 0.1) is 13.7 Å². The molecular formula is C17H17Cl. The van der Waals surface area contributed by atoms with Gasteiger partial charge >= 0.3 is 0 Å². The van der Waals surface area contributed by atoms with Gasteiger partial charge in [0.15, 0.2) is 0 Å². The summed E-state index contributed by atoms with van der Waals surface area (Å²) in [4.78, 5) is 0. The molecule has 0 atom stereocenters. The third-order valence-corrected chi connectivity index (χ3v) is 4.02. The van der Waals surface area contributed by atoms with Crippen molar-refractivity contribution in [2.75, 3.05) is 0 Å². The number of halogens is 1. The molecule has 2 aromatic carbocycles. The van der Waals surface area contributed by atoms with Crippen molar-refractivity contribution in [2.24, 2.45) is 0 Å². The average Bonchev–Trinajstić information content (AvgIpc) is 2.66. The molecule has 1 aliphatic carbocycles. The van der Waals surface area contributed by atoms with E-state index in [2.05, 4.69) is 0 Å². The van der Waals surface area contributed by atoms with Gasteiger partial charge in [-0.3, -0.25) is 0 Å². The zero-order valence-corrected chi connectivity index (χ0v) is 11.0. The van der Waals surface area contributed by atoms with Crippen molar-refractivity contribution in [2.45, 2.75) is 33.0 Å². The lowest BCUT2D eigenvalue weighted by Gasteiger charge is -2.22. The summed E-state index contributed by atoms with van der Waals surface area (Å²) >= 11 is 6.40. The van der Waals surface area contributed by atoms with Crippen LogP contribution in [-0.2, 0) is 5.41 Å². The Morgan fingerprint density at radius 3 is 2.44 bits per heavy atom. The van der Waals surface area contributed by atoms with Crippen LogP contribution in [0.25, 0.3) is 11.1 Å². The Morgan fingerprint density at radius 1 is 1.00 bits per heavy atom. The number of benzene rings is 2. The standard InChI is InChI=1S/C17H17Cl/c1-10-5-6-12-13(7-10)17(3,4)14-8-11(2)9-15(18)16(12)14/h5-9H,1-4H3/i1D3,2D3. The second-order valence-corrected chi connectivity index (χ2v) is 5.67. The van der Waals surface area contributed by atoms with Gasteiger partial charge < -0.3 is 0 Å². The van der Waals surface area contributed by atoms with Gasteiger partial charge in [0, 0.05) is 24.2 Å². The second-order valence-electron chi connectivity index (χ2n) is 5.27. The topological polar surface area (TPSA) is 0 Å². The lowest BCUT2D eigenvalue weighted by Crippen LogP contribution is -2.15. The smallest absolute Gasteiger partial charge is 0.0490 e. The van der Waals surface area contributed by atoms with Gasteiger partial charge in [0.2, 0.25) is 0 Å². The number of hydrogen-bond acceptors (Lipinski definition) is 0. The quantitative estimate of drug-likeness (QED) is 0.607. The summed E-state index contributed by atoms with van der Waals surface area (Å²) in [6.07, 6.45) is 0. The van der Waals surface area contributed by atoms with Gasteiger partial charge in [0.05, 0.1) is 0 Å². The highest BCUT2D eigenvalue weighted by Gasteiger charge is 2.36. The van der Waals surface area contributed by atoms with Gasteiger partial charge in [-0.15, -0.1) is 0 Å². The summed E-state index contributed by atoms with van der Waals surface area (Å²) in [5.74, 6) is 0.